The molecule has 0 N–H and O–H groups in total. The average molecular weight is 485 g/mol. The van der Waals surface area contributed by atoms with Crippen molar-refractivity contribution in [2.24, 2.45) is 0 Å². The van der Waals surface area contributed by atoms with Crippen molar-refractivity contribution in [1.82, 2.24) is 29.5 Å². The Kier molecular flexibility index (Phi) is 8.26. The molecule has 0 saturated carbocycles. The zero-order valence-electron chi connectivity index (χ0n) is 20.6. The Labute approximate surface area is 206 Å². The molecule has 1 aromatic carbocycles. The number of nitrogens with zero attached hydrogens (tertiary/aromatic N) is 6. The molecule has 2 aliphatic heterocycles. The summed E-state index contributed by atoms with van der Waals surface area (Å²) in [4.78, 5) is 31.7. The van der Waals surface area contributed by atoms with E-state index in [0.717, 1.165) is 61.3 Å². The van der Waals surface area contributed by atoms with Gasteiger partial charge in [-0.05, 0) is 50.8 Å². The van der Waals surface area contributed by atoms with Gasteiger partial charge >= 0.3 is 0 Å². The maximum absolute atomic E-state index is 12.9. The van der Waals surface area contributed by atoms with Crippen LogP contribution in [-0.4, -0.2) is 92.8 Å². The van der Waals surface area contributed by atoms with Gasteiger partial charge in [0, 0.05) is 39.3 Å². The van der Waals surface area contributed by atoms with E-state index in [1.54, 1.807) is 0 Å². The van der Waals surface area contributed by atoms with Crippen molar-refractivity contribution in [3.63, 3.8) is 0 Å². The summed E-state index contributed by atoms with van der Waals surface area (Å²) in [5, 5.41) is 9.33. The molecule has 0 bridgehead atoms. The summed E-state index contributed by atoms with van der Waals surface area (Å²) in [5.74, 6) is 1.48. The van der Waals surface area contributed by atoms with Crippen LogP contribution in [-0.2, 0) is 9.59 Å². The van der Waals surface area contributed by atoms with Crippen molar-refractivity contribution in [1.29, 1.82) is 0 Å². The molecule has 3 heterocycles. The molecule has 4 rings (SSSR count). The minimum absolute atomic E-state index is 0.108. The first kappa shape index (κ1) is 24.7. The van der Waals surface area contributed by atoms with Crippen molar-refractivity contribution >= 4 is 23.6 Å². The minimum atomic E-state index is 0.108. The SMILES string of the molecule is Cc1ccc(C)c(-n2c(C)nnc2SCC(=O)N2CCN(CC(=O)N3CCCCCC3)CC2)c1. The molecule has 2 amide bonds. The first-order valence-electron chi connectivity index (χ1n) is 12.3. The summed E-state index contributed by atoms with van der Waals surface area (Å²) < 4.78 is 2.03. The lowest BCUT2D eigenvalue weighted by atomic mass is 10.1. The Morgan fingerprint density at radius 3 is 2.24 bits per heavy atom. The van der Waals surface area contributed by atoms with Gasteiger partial charge in [0.1, 0.15) is 5.82 Å². The molecule has 2 aromatic rings. The first-order valence-corrected chi connectivity index (χ1v) is 13.3. The van der Waals surface area contributed by atoms with Gasteiger partial charge < -0.3 is 9.80 Å². The first-order chi connectivity index (χ1) is 16.4. The fourth-order valence-electron chi connectivity index (χ4n) is 4.66. The summed E-state index contributed by atoms with van der Waals surface area (Å²) in [5.41, 5.74) is 3.38. The predicted octanol–water partition coefficient (Wildman–Crippen LogP) is 2.83. The third-order valence-corrected chi connectivity index (χ3v) is 7.68. The van der Waals surface area contributed by atoms with Crippen molar-refractivity contribution in [3.8, 4) is 5.69 Å². The second-order valence-electron chi connectivity index (χ2n) is 9.40. The van der Waals surface area contributed by atoms with Crippen LogP contribution in [0.15, 0.2) is 23.4 Å². The van der Waals surface area contributed by atoms with Crippen LogP contribution in [0.5, 0.6) is 0 Å². The molecule has 0 aliphatic carbocycles. The Morgan fingerprint density at radius 2 is 1.53 bits per heavy atom. The van der Waals surface area contributed by atoms with Gasteiger partial charge in [-0.2, -0.15) is 0 Å². The van der Waals surface area contributed by atoms with Gasteiger partial charge in [-0.15, -0.1) is 10.2 Å². The van der Waals surface area contributed by atoms with Gasteiger partial charge in [0.25, 0.3) is 0 Å². The highest BCUT2D eigenvalue weighted by Crippen LogP contribution is 2.25. The second-order valence-corrected chi connectivity index (χ2v) is 10.3. The summed E-state index contributed by atoms with van der Waals surface area (Å²) in [6.45, 7) is 11.1. The molecule has 0 unspecified atom stereocenters. The molecular formula is C25H36N6O2S. The highest BCUT2D eigenvalue weighted by molar-refractivity contribution is 7.99. The summed E-state index contributed by atoms with van der Waals surface area (Å²) in [6, 6.07) is 6.32. The van der Waals surface area contributed by atoms with Crippen LogP contribution in [0.1, 0.15) is 42.6 Å². The van der Waals surface area contributed by atoms with Crippen LogP contribution in [0.25, 0.3) is 5.69 Å². The quantitative estimate of drug-likeness (QED) is 0.587. The Bertz CT molecular complexity index is 1010. The monoisotopic (exact) mass is 484 g/mol. The van der Waals surface area contributed by atoms with Crippen molar-refractivity contribution in [2.45, 2.75) is 51.6 Å². The zero-order valence-corrected chi connectivity index (χ0v) is 21.4. The topological polar surface area (TPSA) is 74.6 Å². The largest absolute Gasteiger partial charge is 0.342 e. The van der Waals surface area contributed by atoms with Crippen molar-refractivity contribution < 1.29 is 9.59 Å². The number of benzene rings is 1. The molecule has 34 heavy (non-hydrogen) atoms. The maximum Gasteiger partial charge on any atom is 0.236 e. The third kappa shape index (κ3) is 5.99. The smallest absolute Gasteiger partial charge is 0.236 e. The molecule has 8 nitrogen and oxygen atoms in total. The van der Waals surface area contributed by atoms with Crippen LogP contribution < -0.4 is 0 Å². The molecule has 0 radical (unpaired) electrons. The van der Waals surface area contributed by atoms with E-state index in [-0.39, 0.29) is 11.8 Å². The highest BCUT2D eigenvalue weighted by atomic mass is 32.2. The molecular weight excluding hydrogens is 448 g/mol. The van der Waals surface area contributed by atoms with E-state index >= 15 is 0 Å². The number of likely N-dealkylation sites (tertiary alicyclic amines) is 1. The van der Waals surface area contributed by atoms with Gasteiger partial charge in [0.05, 0.1) is 18.0 Å². The van der Waals surface area contributed by atoms with Crippen LogP contribution in [0.4, 0.5) is 0 Å². The molecule has 184 valence electrons. The lowest BCUT2D eigenvalue weighted by Crippen LogP contribution is -2.52. The van der Waals surface area contributed by atoms with Crippen LogP contribution >= 0.6 is 11.8 Å². The van der Waals surface area contributed by atoms with E-state index in [9.17, 15) is 9.59 Å². The van der Waals surface area contributed by atoms with Gasteiger partial charge in [0.15, 0.2) is 5.16 Å². The number of aryl methyl sites for hydroxylation is 3. The van der Waals surface area contributed by atoms with E-state index in [4.69, 9.17) is 0 Å². The maximum atomic E-state index is 12.9. The fourth-order valence-corrected chi connectivity index (χ4v) is 5.55. The van der Waals surface area contributed by atoms with Gasteiger partial charge in [-0.3, -0.25) is 19.1 Å². The predicted molar refractivity (Wildman–Crippen MR) is 134 cm³/mol. The molecule has 0 spiro atoms. The number of carbonyl (C=O) groups is 2. The average Bonchev–Trinajstić information content (AvgIpc) is 3.01. The molecule has 1 aromatic heterocycles. The van der Waals surface area contributed by atoms with E-state index < -0.39 is 0 Å². The Hall–Kier alpha value is -2.39. The summed E-state index contributed by atoms with van der Waals surface area (Å²) in [7, 11) is 0. The number of carbonyl (C=O) groups excluding carboxylic acids is 2. The number of aromatic nitrogens is 3. The van der Waals surface area contributed by atoms with E-state index in [2.05, 4.69) is 47.1 Å². The van der Waals surface area contributed by atoms with Crippen molar-refractivity contribution in [3.05, 3.63) is 35.2 Å². The number of thioether (sulfide) groups is 1. The third-order valence-electron chi connectivity index (χ3n) is 6.77. The van der Waals surface area contributed by atoms with Crippen molar-refractivity contribution in [2.75, 3.05) is 51.6 Å². The fraction of sp³-hybridized carbons (Fsp3) is 0.600. The molecule has 0 atom stereocenters. The van der Waals surface area contributed by atoms with Crippen LogP contribution in [0.2, 0.25) is 0 Å². The standard InChI is InChI=1S/C25H36N6O2S/c1-19-8-9-20(2)22(16-19)31-21(3)26-27-25(31)34-18-24(33)30-14-12-28(13-15-30)17-23(32)29-10-6-4-5-7-11-29/h8-9,16H,4-7,10-15,17-18H2,1-3H3. The Morgan fingerprint density at radius 1 is 0.853 bits per heavy atom. The van der Waals surface area contributed by atoms with Gasteiger partial charge in [-0.25, -0.2) is 0 Å². The zero-order chi connectivity index (χ0) is 24.1. The number of rotatable bonds is 6. The second kappa shape index (κ2) is 11.4. The molecule has 2 aliphatic rings. The minimum Gasteiger partial charge on any atom is -0.342 e. The highest BCUT2D eigenvalue weighted by Gasteiger charge is 2.25. The lowest BCUT2D eigenvalue weighted by molar-refractivity contribution is -0.134. The number of amides is 2. The number of piperazine rings is 1. The number of hydrogen-bond donors (Lipinski definition) is 0. The molecule has 9 heteroatoms. The van der Waals surface area contributed by atoms with E-state index in [1.165, 1.54) is 30.2 Å². The lowest BCUT2D eigenvalue weighted by Gasteiger charge is -2.35. The molecule has 2 saturated heterocycles. The van der Waals surface area contributed by atoms with Crippen LogP contribution in [0.3, 0.4) is 0 Å². The summed E-state index contributed by atoms with van der Waals surface area (Å²) in [6.07, 6.45) is 4.68. The molecule has 2 fully saturated rings. The number of hydrogen-bond acceptors (Lipinski definition) is 6. The van der Waals surface area contributed by atoms with Gasteiger partial charge in [0.2, 0.25) is 11.8 Å². The normalized spacial score (nSPS) is 17.6. The van der Waals surface area contributed by atoms with E-state index in [0.29, 0.717) is 25.4 Å². The summed E-state index contributed by atoms with van der Waals surface area (Å²) >= 11 is 1.43. The van der Waals surface area contributed by atoms with Gasteiger partial charge in [-0.1, -0.05) is 36.7 Å². The van der Waals surface area contributed by atoms with Crippen LogP contribution in [0, 0.1) is 20.8 Å². The Balaban J connectivity index is 1.28. The van der Waals surface area contributed by atoms with E-state index in [1.807, 2.05) is 21.3 Å².